The summed E-state index contributed by atoms with van der Waals surface area (Å²) in [7, 11) is 1.48. The monoisotopic (exact) mass is 340 g/mol. The number of nitrogens with one attached hydrogen (secondary N) is 1. The van der Waals surface area contributed by atoms with Crippen molar-refractivity contribution < 1.29 is 14.6 Å². The Morgan fingerprint density at radius 2 is 2.00 bits per heavy atom. The van der Waals surface area contributed by atoms with Gasteiger partial charge in [0, 0.05) is 18.3 Å². The number of aromatic hydroxyl groups is 1. The van der Waals surface area contributed by atoms with Crippen LogP contribution in [0.2, 0.25) is 0 Å². The van der Waals surface area contributed by atoms with Crippen LogP contribution in [0.4, 0.5) is 11.4 Å². The molecule has 5 heteroatoms. The van der Waals surface area contributed by atoms with Crippen LogP contribution >= 0.6 is 0 Å². The first kappa shape index (κ1) is 17.1. The van der Waals surface area contributed by atoms with Gasteiger partial charge in [-0.25, -0.2) is 0 Å². The number of phenolic OH excluding ortho intramolecular Hbond substituents is 1. The van der Waals surface area contributed by atoms with Crippen molar-refractivity contribution in [2.75, 3.05) is 23.9 Å². The number of carbonyl (C=O) groups excluding carboxylic acids is 1. The largest absolute Gasteiger partial charge is 0.504 e. The molecular weight excluding hydrogens is 316 g/mol. The van der Waals surface area contributed by atoms with E-state index in [1.807, 2.05) is 23.1 Å². The Bertz CT molecular complexity index is 789. The van der Waals surface area contributed by atoms with Gasteiger partial charge in [-0.05, 0) is 24.1 Å². The van der Waals surface area contributed by atoms with Gasteiger partial charge in [-0.3, -0.25) is 4.79 Å². The van der Waals surface area contributed by atoms with E-state index in [0.29, 0.717) is 23.5 Å². The number of hydrogen-bond donors (Lipinski definition) is 2. The average molecular weight is 340 g/mol. The fourth-order valence-corrected chi connectivity index (χ4v) is 3.31. The third-order valence-electron chi connectivity index (χ3n) is 4.37. The van der Waals surface area contributed by atoms with Crippen molar-refractivity contribution in [2.24, 2.45) is 0 Å². The number of amides is 1. The fourth-order valence-electron chi connectivity index (χ4n) is 3.31. The van der Waals surface area contributed by atoms with Gasteiger partial charge in [-0.15, -0.1) is 0 Å². The zero-order valence-corrected chi connectivity index (χ0v) is 14.9. The Morgan fingerprint density at radius 1 is 1.28 bits per heavy atom. The van der Waals surface area contributed by atoms with Crippen molar-refractivity contribution in [3.63, 3.8) is 0 Å². The van der Waals surface area contributed by atoms with Crippen molar-refractivity contribution in [1.82, 2.24) is 0 Å². The lowest BCUT2D eigenvalue weighted by Crippen LogP contribution is -2.39. The van der Waals surface area contributed by atoms with E-state index in [1.54, 1.807) is 12.1 Å². The van der Waals surface area contributed by atoms with Crippen LogP contribution in [0.3, 0.4) is 0 Å². The van der Waals surface area contributed by atoms with Crippen molar-refractivity contribution in [3.8, 4) is 11.5 Å². The first-order valence-electron chi connectivity index (χ1n) is 8.67. The smallest absolute Gasteiger partial charge is 0.260 e. The average Bonchev–Trinajstić information content (AvgIpc) is 2.92. The quantitative estimate of drug-likeness (QED) is 0.828. The van der Waals surface area contributed by atoms with Gasteiger partial charge in [0.1, 0.15) is 0 Å². The normalized spacial score (nSPS) is 17.3. The summed E-state index contributed by atoms with van der Waals surface area (Å²) >= 11 is 0. The molecule has 0 bridgehead atoms. The first-order valence-corrected chi connectivity index (χ1v) is 8.67. The molecule has 0 spiro atoms. The number of para-hydroxylation sites is 1. The molecule has 2 aromatic rings. The summed E-state index contributed by atoms with van der Waals surface area (Å²) in [6, 6.07) is 11.2. The Kier molecular flexibility index (Phi) is 4.83. The van der Waals surface area contributed by atoms with Gasteiger partial charge in [-0.2, -0.15) is 0 Å². The topological polar surface area (TPSA) is 61.8 Å². The second kappa shape index (κ2) is 7.05. The molecule has 2 aliphatic heterocycles. The SMILES string of the molecule is CCC.COc1cc2c(cc1O)NCC1Cc3ccccc3N1C2=O. The third-order valence-corrected chi connectivity index (χ3v) is 4.37. The lowest BCUT2D eigenvalue weighted by Gasteiger charge is -2.22. The third kappa shape index (κ3) is 3.02. The van der Waals surface area contributed by atoms with Crippen LogP contribution in [0.25, 0.3) is 0 Å². The molecule has 0 saturated heterocycles. The number of methoxy groups -OCH3 is 1. The minimum Gasteiger partial charge on any atom is -0.504 e. The Hall–Kier alpha value is -2.69. The van der Waals surface area contributed by atoms with E-state index in [4.69, 9.17) is 4.74 Å². The molecule has 5 nitrogen and oxygen atoms in total. The van der Waals surface area contributed by atoms with Gasteiger partial charge >= 0.3 is 0 Å². The Labute approximate surface area is 148 Å². The van der Waals surface area contributed by atoms with E-state index in [9.17, 15) is 9.90 Å². The molecule has 25 heavy (non-hydrogen) atoms. The highest BCUT2D eigenvalue weighted by molar-refractivity contribution is 6.12. The first-order chi connectivity index (χ1) is 12.1. The molecule has 0 saturated carbocycles. The lowest BCUT2D eigenvalue weighted by molar-refractivity contribution is 0.0983. The second-order valence-corrected chi connectivity index (χ2v) is 6.32. The summed E-state index contributed by atoms with van der Waals surface area (Å²) < 4.78 is 5.13. The van der Waals surface area contributed by atoms with E-state index in [0.717, 1.165) is 12.1 Å². The lowest BCUT2D eigenvalue weighted by atomic mass is 10.1. The molecule has 1 atom stereocenters. The van der Waals surface area contributed by atoms with E-state index in [-0.39, 0.29) is 17.7 Å². The highest BCUT2D eigenvalue weighted by atomic mass is 16.5. The van der Waals surface area contributed by atoms with Crippen molar-refractivity contribution in [3.05, 3.63) is 47.5 Å². The minimum absolute atomic E-state index is 0.0315. The summed E-state index contributed by atoms with van der Waals surface area (Å²) in [5, 5.41) is 13.2. The molecule has 0 fully saturated rings. The fraction of sp³-hybridized carbons (Fsp3) is 0.350. The second-order valence-electron chi connectivity index (χ2n) is 6.32. The Morgan fingerprint density at radius 3 is 2.72 bits per heavy atom. The van der Waals surface area contributed by atoms with Gasteiger partial charge in [0.15, 0.2) is 11.5 Å². The van der Waals surface area contributed by atoms with E-state index >= 15 is 0 Å². The van der Waals surface area contributed by atoms with Crippen molar-refractivity contribution in [1.29, 1.82) is 0 Å². The molecule has 2 heterocycles. The summed E-state index contributed by atoms with van der Waals surface area (Å²) in [6.07, 6.45) is 2.09. The highest BCUT2D eigenvalue weighted by Gasteiger charge is 2.37. The highest BCUT2D eigenvalue weighted by Crippen LogP contribution is 2.39. The summed E-state index contributed by atoms with van der Waals surface area (Å²) in [4.78, 5) is 14.9. The maximum Gasteiger partial charge on any atom is 0.260 e. The molecule has 0 aromatic heterocycles. The number of rotatable bonds is 1. The van der Waals surface area contributed by atoms with E-state index in [1.165, 1.54) is 19.1 Å². The van der Waals surface area contributed by atoms with Crippen LogP contribution in [0.15, 0.2) is 36.4 Å². The predicted octanol–water partition coefficient (Wildman–Crippen LogP) is 3.81. The number of anilines is 2. The summed E-state index contributed by atoms with van der Waals surface area (Å²) in [5.41, 5.74) is 3.33. The molecule has 1 unspecified atom stereocenters. The van der Waals surface area contributed by atoms with Crippen LogP contribution in [-0.2, 0) is 6.42 Å². The van der Waals surface area contributed by atoms with E-state index < -0.39 is 0 Å². The molecule has 2 aliphatic rings. The number of nitrogens with zero attached hydrogens (tertiary/aromatic N) is 1. The number of phenols is 1. The maximum atomic E-state index is 13.0. The van der Waals surface area contributed by atoms with Gasteiger partial charge < -0.3 is 20.1 Å². The molecule has 2 N–H and O–H groups in total. The van der Waals surface area contributed by atoms with Gasteiger partial charge in [0.2, 0.25) is 0 Å². The zero-order chi connectivity index (χ0) is 18.0. The molecule has 1 amide bonds. The van der Waals surface area contributed by atoms with Crippen LogP contribution in [0.5, 0.6) is 11.5 Å². The molecule has 0 aliphatic carbocycles. The van der Waals surface area contributed by atoms with Crippen molar-refractivity contribution in [2.45, 2.75) is 32.7 Å². The standard InChI is InChI=1S/C17H16N2O3.C3H8/c1-22-16-7-12-13(8-15(16)20)18-9-11-6-10-4-2-3-5-14(10)19(11)17(12)21;1-3-2/h2-5,7-8,11,18,20H,6,9H2,1H3;3H2,1-2H3. The molecule has 132 valence electrons. The number of ether oxygens (including phenoxy) is 1. The zero-order valence-electron chi connectivity index (χ0n) is 14.9. The van der Waals surface area contributed by atoms with Gasteiger partial charge in [0.25, 0.3) is 5.91 Å². The molecule has 2 aromatic carbocycles. The number of hydrogen-bond acceptors (Lipinski definition) is 4. The number of benzene rings is 2. The summed E-state index contributed by atoms with van der Waals surface area (Å²) in [5.74, 6) is 0.275. The van der Waals surface area contributed by atoms with Gasteiger partial charge in [0.05, 0.1) is 24.4 Å². The Balaban J connectivity index is 0.000000569. The van der Waals surface area contributed by atoms with Crippen LogP contribution in [0, 0.1) is 0 Å². The number of carbonyl (C=O) groups is 1. The number of fused-ring (bicyclic) bond motifs is 4. The van der Waals surface area contributed by atoms with Crippen LogP contribution in [0.1, 0.15) is 36.2 Å². The van der Waals surface area contributed by atoms with Crippen LogP contribution < -0.4 is 15.0 Å². The minimum atomic E-state index is -0.0618. The van der Waals surface area contributed by atoms with E-state index in [2.05, 4.69) is 25.2 Å². The van der Waals surface area contributed by atoms with Crippen LogP contribution in [-0.4, -0.2) is 30.7 Å². The van der Waals surface area contributed by atoms with Crippen molar-refractivity contribution >= 4 is 17.3 Å². The predicted molar refractivity (Wildman–Crippen MR) is 99.9 cm³/mol. The summed E-state index contributed by atoms with van der Waals surface area (Å²) in [6.45, 7) is 4.90. The molecule has 4 rings (SSSR count). The maximum absolute atomic E-state index is 13.0. The molecular formula is C20H24N2O3. The van der Waals surface area contributed by atoms with Gasteiger partial charge in [-0.1, -0.05) is 38.5 Å². The molecule has 0 radical (unpaired) electrons.